The van der Waals surface area contributed by atoms with Gasteiger partial charge in [0.2, 0.25) is 5.91 Å². The Labute approximate surface area is 183 Å². The van der Waals surface area contributed by atoms with E-state index in [1.165, 1.54) is 11.1 Å². The Bertz CT molecular complexity index is 807. The van der Waals surface area contributed by atoms with Crippen LogP contribution in [0.4, 0.5) is 5.69 Å². The van der Waals surface area contributed by atoms with Gasteiger partial charge in [-0.3, -0.25) is 14.8 Å². The minimum absolute atomic E-state index is 0. The number of guanidine groups is 1. The number of nitrogens with one attached hydrogen (secondary N) is 2. The second-order valence-electron chi connectivity index (χ2n) is 6.72. The molecule has 28 heavy (non-hydrogen) atoms. The van der Waals surface area contributed by atoms with Gasteiger partial charge in [0.25, 0.3) is 0 Å². The number of halogens is 1. The van der Waals surface area contributed by atoms with Crippen molar-refractivity contribution in [2.45, 2.75) is 32.7 Å². The first-order valence-electron chi connectivity index (χ1n) is 9.40. The number of rotatable bonds is 6. The molecule has 0 unspecified atom stereocenters. The number of nitrogens with zero attached hydrogens (tertiary/aromatic N) is 3. The van der Waals surface area contributed by atoms with Crippen molar-refractivity contribution in [3.63, 3.8) is 0 Å². The largest absolute Gasteiger partial charge is 0.356 e. The molecule has 0 atom stereocenters. The Morgan fingerprint density at radius 1 is 1.21 bits per heavy atom. The van der Waals surface area contributed by atoms with Gasteiger partial charge in [-0.25, -0.2) is 0 Å². The van der Waals surface area contributed by atoms with Crippen LogP contribution in [-0.2, 0) is 17.8 Å². The summed E-state index contributed by atoms with van der Waals surface area (Å²) in [7, 11) is 1.77. The lowest BCUT2D eigenvalue weighted by Crippen LogP contribution is -2.37. The lowest BCUT2D eigenvalue weighted by molar-refractivity contribution is -0.117. The highest BCUT2D eigenvalue weighted by Gasteiger charge is 2.21. The quantitative estimate of drug-likeness (QED) is 0.369. The lowest BCUT2D eigenvalue weighted by atomic mass is 10.1. The molecule has 0 aliphatic carbocycles. The maximum atomic E-state index is 11.8. The summed E-state index contributed by atoms with van der Waals surface area (Å²) in [6.07, 6.45) is 6.25. The molecule has 0 saturated carbocycles. The van der Waals surface area contributed by atoms with E-state index in [4.69, 9.17) is 0 Å². The molecule has 2 N–H and O–H groups in total. The first-order valence-corrected chi connectivity index (χ1v) is 9.40. The zero-order valence-corrected chi connectivity index (χ0v) is 18.8. The van der Waals surface area contributed by atoms with Crippen molar-refractivity contribution in [2.75, 3.05) is 25.0 Å². The zero-order valence-electron chi connectivity index (χ0n) is 16.4. The van der Waals surface area contributed by atoms with Gasteiger partial charge in [0.1, 0.15) is 0 Å². The van der Waals surface area contributed by atoms with E-state index < -0.39 is 0 Å². The molecule has 1 saturated heterocycles. The standard InChI is InChI=1S/C21H27N5O.HI/c1-16-14-23-11-9-18(16)10-12-24-21(22-2)25-15-17-5-7-19(8-6-17)26-13-3-4-20(26)27;/h5-9,11,14H,3-4,10,12-13,15H2,1-2H3,(H2,22,24,25);1H. The van der Waals surface area contributed by atoms with Crippen molar-refractivity contribution in [1.82, 2.24) is 15.6 Å². The van der Waals surface area contributed by atoms with Crippen molar-refractivity contribution in [3.8, 4) is 0 Å². The van der Waals surface area contributed by atoms with Crippen molar-refractivity contribution >= 4 is 41.5 Å². The van der Waals surface area contributed by atoms with Crippen LogP contribution in [0.15, 0.2) is 47.7 Å². The van der Waals surface area contributed by atoms with Crippen LogP contribution in [0.3, 0.4) is 0 Å². The summed E-state index contributed by atoms with van der Waals surface area (Å²) in [6.45, 7) is 4.39. The van der Waals surface area contributed by atoms with E-state index in [0.29, 0.717) is 13.0 Å². The van der Waals surface area contributed by atoms with Gasteiger partial charge in [0.15, 0.2) is 5.96 Å². The first kappa shape index (κ1) is 22.1. The molecular weight excluding hydrogens is 465 g/mol. The molecule has 1 aromatic heterocycles. The van der Waals surface area contributed by atoms with E-state index in [-0.39, 0.29) is 29.9 Å². The normalized spacial score (nSPS) is 14.0. The molecule has 3 rings (SSSR count). The molecule has 2 heterocycles. The topological polar surface area (TPSA) is 69.6 Å². The number of anilines is 1. The minimum Gasteiger partial charge on any atom is -0.356 e. The Morgan fingerprint density at radius 3 is 2.64 bits per heavy atom. The molecule has 6 nitrogen and oxygen atoms in total. The van der Waals surface area contributed by atoms with Gasteiger partial charge in [0, 0.05) is 51.2 Å². The number of carbonyl (C=O) groups excluding carboxylic acids is 1. The summed E-state index contributed by atoms with van der Waals surface area (Å²) < 4.78 is 0. The number of hydrogen-bond acceptors (Lipinski definition) is 3. The number of carbonyl (C=O) groups is 1. The van der Waals surface area contributed by atoms with E-state index >= 15 is 0 Å². The summed E-state index contributed by atoms with van der Waals surface area (Å²) in [6, 6.07) is 10.2. The Morgan fingerprint density at radius 2 is 2.00 bits per heavy atom. The van der Waals surface area contributed by atoms with Crippen molar-refractivity contribution < 1.29 is 4.79 Å². The molecule has 150 valence electrons. The highest BCUT2D eigenvalue weighted by molar-refractivity contribution is 14.0. The van der Waals surface area contributed by atoms with Crippen LogP contribution in [-0.4, -0.2) is 37.0 Å². The average Bonchev–Trinajstić information content (AvgIpc) is 3.12. The monoisotopic (exact) mass is 493 g/mol. The number of benzene rings is 1. The maximum Gasteiger partial charge on any atom is 0.227 e. The van der Waals surface area contributed by atoms with Gasteiger partial charge in [0.05, 0.1) is 0 Å². The summed E-state index contributed by atoms with van der Waals surface area (Å²) in [4.78, 5) is 22.1. The van der Waals surface area contributed by atoms with Crippen LogP contribution in [0, 0.1) is 6.92 Å². The lowest BCUT2D eigenvalue weighted by Gasteiger charge is -2.16. The number of pyridine rings is 1. The summed E-state index contributed by atoms with van der Waals surface area (Å²) in [5.74, 6) is 0.996. The fraction of sp³-hybridized carbons (Fsp3) is 0.381. The van der Waals surface area contributed by atoms with Crippen molar-refractivity contribution in [1.29, 1.82) is 0 Å². The van der Waals surface area contributed by atoms with E-state index in [1.807, 2.05) is 29.4 Å². The first-order chi connectivity index (χ1) is 13.2. The van der Waals surface area contributed by atoms with Crippen LogP contribution in [0.2, 0.25) is 0 Å². The van der Waals surface area contributed by atoms with E-state index in [2.05, 4.69) is 45.7 Å². The van der Waals surface area contributed by atoms with Gasteiger partial charge in [-0.05, 0) is 54.7 Å². The molecule has 0 bridgehead atoms. The van der Waals surface area contributed by atoms with Crippen LogP contribution in [0.1, 0.15) is 29.5 Å². The molecule has 1 fully saturated rings. The Kier molecular flexibility index (Phi) is 8.69. The number of aryl methyl sites for hydroxylation is 1. The van der Waals surface area contributed by atoms with Crippen LogP contribution >= 0.6 is 24.0 Å². The molecule has 1 aliphatic rings. The average molecular weight is 493 g/mol. The van der Waals surface area contributed by atoms with Gasteiger partial charge in [-0.1, -0.05) is 12.1 Å². The molecule has 1 aromatic carbocycles. The second-order valence-corrected chi connectivity index (χ2v) is 6.72. The number of aromatic nitrogens is 1. The summed E-state index contributed by atoms with van der Waals surface area (Å²) in [5, 5.41) is 6.67. The van der Waals surface area contributed by atoms with E-state index in [1.54, 1.807) is 7.05 Å². The third kappa shape index (κ3) is 5.92. The van der Waals surface area contributed by atoms with Crippen molar-refractivity contribution in [2.24, 2.45) is 4.99 Å². The van der Waals surface area contributed by atoms with E-state index in [9.17, 15) is 4.79 Å². The molecule has 0 radical (unpaired) electrons. The van der Waals surface area contributed by atoms with E-state index in [0.717, 1.165) is 43.1 Å². The molecule has 1 amide bonds. The number of aliphatic imine (C=N–C) groups is 1. The van der Waals surface area contributed by atoms with Gasteiger partial charge >= 0.3 is 0 Å². The van der Waals surface area contributed by atoms with Gasteiger partial charge in [-0.15, -0.1) is 24.0 Å². The van der Waals surface area contributed by atoms with Crippen LogP contribution in [0.5, 0.6) is 0 Å². The van der Waals surface area contributed by atoms with Gasteiger partial charge in [-0.2, -0.15) is 0 Å². The highest BCUT2D eigenvalue weighted by atomic mass is 127. The Balaban J connectivity index is 0.00000280. The molecule has 7 heteroatoms. The van der Waals surface area contributed by atoms with Crippen molar-refractivity contribution in [3.05, 3.63) is 59.4 Å². The third-order valence-electron chi connectivity index (χ3n) is 4.83. The third-order valence-corrected chi connectivity index (χ3v) is 4.83. The fourth-order valence-corrected chi connectivity index (χ4v) is 3.22. The minimum atomic E-state index is 0. The SMILES string of the molecule is CN=C(NCCc1ccncc1C)NCc1ccc(N2CCCC2=O)cc1.I. The molecular formula is C21H28IN5O. The summed E-state index contributed by atoms with van der Waals surface area (Å²) >= 11 is 0. The predicted molar refractivity (Wildman–Crippen MR) is 124 cm³/mol. The van der Waals surface area contributed by atoms with Crippen LogP contribution in [0.25, 0.3) is 0 Å². The fourth-order valence-electron chi connectivity index (χ4n) is 3.22. The summed E-state index contributed by atoms with van der Waals surface area (Å²) in [5.41, 5.74) is 4.63. The smallest absolute Gasteiger partial charge is 0.227 e. The molecule has 0 spiro atoms. The highest BCUT2D eigenvalue weighted by Crippen LogP contribution is 2.21. The Hall–Kier alpha value is -2.16. The molecule has 1 aliphatic heterocycles. The van der Waals surface area contributed by atoms with Gasteiger partial charge < -0.3 is 15.5 Å². The zero-order chi connectivity index (χ0) is 19.1. The number of amides is 1. The predicted octanol–water partition coefficient (Wildman–Crippen LogP) is 3.04. The van der Waals surface area contributed by atoms with Crippen LogP contribution < -0.4 is 15.5 Å². The maximum absolute atomic E-state index is 11.8. The second kappa shape index (κ2) is 11.0. The molecule has 2 aromatic rings. The number of hydrogen-bond donors (Lipinski definition) is 2.